The van der Waals surface area contributed by atoms with Gasteiger partial charge in [0.2, 0.25) is 0 Å². The normalized spacial score (nSPS) is 18.2. The van der Waals surface area contributed by atoms with Gasteiger partial charge in [0.1, 0.15) is 6.61 Å². The average Bonchev–Trinajstić information content (AvgIpc) is 2.96. The van der Waals surface area contributed by atoms with E-state index in [2.05, 4.69) is 5.32 Å². The molecule has 0 saturated carbocycles. The number of ether oxygens (including phenoxy) is 6. The number of carbonyl (C=O) groups is 3. The lowest BCUT2D eigenvalue weighted by Gasteiger charge is -2.37. The predicted molar refractivity (Wildman–Crippen MR) is 154 cm³/mol. The summed E-state index contributed by atoms with van der Waals surface area (Å²) in [4.78, 5) is 39.1. The Morgan fingerprint density at radius 2 is 1.60 bits per heavy atom. The molecule has 0 saturated heterocycles. The van der Waals surface area contributed by atoms with E-state index < -0.39 is 17.9 Å². The number of nitrogens with one attached hydrogen (secondary N) is 1. The molecule has 2 atom stereocenters. The maximum absolute atomic E-state index is 14.0. The first kappa shape index (κ1) is 30.6. The van der Waals surface area contributed by atoms with Gasteiger partial charge >= 0.3 is 11.9 Å². The summed E-state index contributed by atoms with van der Waals surface area (Å²) in [6, 6.07) is 10.7. The molecule has 4 rings (SSSR count). The zero-order valence-corrected chi connectivity index (χ0v) is 24.8. The average molecular weight is 580 g/mol. The van der Waals surface area contributed by atoms with Gasteiger partial charge in [-0.2, -0.15) is 0 Å². The Labute approximate surface area is 245 Å². The molecule has 10 nitrogen and oxygen atoms in total. The van der Waals surface area contributed by atoms with E-state index in [0.717, 1.165) is 11.3 Å². The van der Waals surface area contributed by atoms with Crippen LogP contribution >= 0.6 is 0 Å². The SMILES string of the molecule is CCOc1cc(C2C(C(=O)OCCOC)=C(C)NC3=C2C(=O)CC(c2ccc(OC)c(OC)c2)C3)ccc1OC(C)=O. The highest BCUT2D eigenvalue weighted by atomic mass is 16.6. The van der Waals surface area contributed by atoms with Crippen LogP contribution < -0.4 is 24.3 Å². The molecule has 2 aromatic carbocycles. The summed E-state index contributed by atoms with van der Waals surface area (Å²) in [5.74, 6) is -0.180. The van der Waals surface area contributed by atoms with E-state index in [9.17, 15) is 14.4 Å². The van der Waals surface area contributed by atoms with Crippen molar-refractivity contribution < 1.29 is 42.8 Å². The minimum atomic E-state index is -0.722. The Hall–Kier alpha value is -4.31. The molecule has 0 fully saturated rings. The van der Waals surface area contributed by atoms with Crippen molar-refractivity contribution in [3.05, 3.63) is 70.1 Å². The fraction of sp³-hybridized carbons (Fsp3) is 0.406. The third-order valence-electron chi connectivity index (χ3n) is 7.30. The molecule has 0 amide bonds. The van der Waals surface area contributed by atoms with Crippen LogP contribution in [0.3, 0.4) is 0 Å². The maximum Gasteiger partial charge on any atom is 0.336 e. The van der Waals surface area contributed by atoms with E-state index in [1.54, 1.807) is 39.3 Å². The zero-order chi connectivity index (χ0) is 30.4. The smallest absolute Gasteiger partial charge is 0.336 e. The van der Waals surface area contributed by atoms with Gasteiger partial charge in [0.25, 0.3) is 0 Å². The Kier molecular flexibility index (Phi) is 9.90. The van der Waals surface area contributed by atoms with E-state index in [-0.39, 0.29) is 37.1 Å². The van der Waals surface area contributed by atoms with Crippen LogP contribution in [0, 0.1) is 0 Å². The molecule has 42 heavy (non-hydrogen) atoms. The summed E-state index contributed by atoms with van der Waals surface area (Å²) >= 11 is 0. The third kappa shape index (κ3) is 6.44. The molecule has 224 valence electrons. The molecule has 2 unspecified atom stereocenters. The van der Waals surface area contributed by atoms with Crippen LogP contribution in [0.4, 0.5) is 0 Å². The van der Waals surface area contributed by atoms with Crippen LogP contribution in [0.2, 0.25) is 0 Å². The molecule has 1 aliphatic carbocycles. The van der Waals surface area contributed by atoms with Crippen LogP contribution in [0.25, 0.3) is 0 Å². The molecule has 0 spiro atoms. The number of rotatable bonds is 11. The number of methoxy groups -OCH3 is 3. The lowest BCUT2D eigenvalue weighted by atomic mass is 9.71. The van der Waals surface area contributed by atoms with Gasteiger partial charge in [-0.25, -0.2) is 4.79 Å². The summed E-state index contributed by atoms with van der Waals surface area (Å²) in [5, 5.41) is 3.35. The fourth-order valence-corrected chi connectivity index (χ4v) is 5.49. The number of allylic oxidation sites excluding steroid dienone is 3. The van der Waals surface area contributed by atoms with E-state index >= 15 is 0 Å². The van der Waals surface area contributed by atoms with Crippen molar-refractivity contribution in [1.82, 2.24) is 5.32 Å². The van der Waals surface area contributed by atoms with Crippen LogP contribution in [-0.4, -0.2) is 58.9 Å². The van der Waals surface area contributed by atoms with Gasteiger partial charge in [0.05, 0.1) is 33.0 Å². The van der Waals surface area contributed by atoms with Crippen molar-refractivity contribution in [3.8, 4) is 23.0 Å². The molecule has 2 aromatic rings. The van der Waals surface area contributed by atoms with Gasteiger partial charge < -0.3 is 33.7 Å². The maximum atomic E-state index is 14.0. The standard InChI is InChI=1S/C32H37NO9/c1-7-40-28-17-21(9-11-26(28)42-19(3)34)30-29(32(36)41-13-12-37-4)18(2)33-23-14-22(15-24(35)31(23)30)20-8-10-25(38-5)27(16-20)39-6/h8-11,16-17,22,30,33H,7,12-15H2,1-6H3. The van der Waals surface area contributed by atoms with Crippen LogP contribution in [0.1, 0.15) is 56.6 Å². The Balaban J connectivity index is 1.80. The summed E-state index contributed by atoms with van der Waals surface area (Å²) in [6.45, 7) is 5.55. The predicted octanol–water partition coefficient (Wildman–Crippen LogP) is 4.58. The number of Topliss-reactive ketones (excluding diaryl/α,β-unsaturated/α-hetero) is 1. The Bertz CT molecular complexity index is 1430. The van der Waals surface area contributed by atoms with E-state index in [0.29, 0.717) is 52.7 Å². The highest BCUT2D eigenvalue weighted by Gasteiger charge is 2.42. The first-order valence-corrected chi connectivity index (χ1v) is 13.8. The first-order chi connectivity index (χ1) is 20.2. The van der Waals surface area contributed by atoms with Gasteiger partial charge in [-0.1, -0.05) is 12.1 Å². The summed E-state index contributed by atoms with van der Waals surface area (Å²) in [7, 11) is 4.68. The Morgan fingerprint density at radius 1 is 0.905 bits per heavy atom. The van der Waals surface area contributed by atoms with Gasteiger partial charge in [0.15, 0.2) is 28.8 Å². The molecule has 0 bridgehead atoms. The minimum Gasteiger partial charge on any atom is -0.493 e. The second kappa shape index (κ2) is 13.6. The van der Waals surface area contributed by atoms with E-state index in [4.69, 9.17) is 28.4 Å². The van der Waals surface area contributed by atoms with Gasteiger partial charge in [-0.15, -0.1) is 0 Å². The largest absolute Gasteiger partial charge is 0.493 e. The molecule has 1 heterocycles. The van der Waals surface area contributed by atoms with Crippen molar-refractivity contribution in [3.63, 3.8) is 0 Å². The van der Waals surface area contributed by atoms with Gasteiger partial charge in [-0.05, 0) is 61.6 Å². The van der Waals surface area contributed by atoms with Crippen LogP contribution in [0.5, 0.6) is 23.0 Å². The number of dihydropyridines is 1. The molecular formula is C32H37NO9. The molecule has 0 aromatic heterocycles. The van der Waals surface area contributed by atoms with Crippen LogP contribution in [-0.2, 0) is 23.9 Å². The number of benzene rings is 2. The van der Waals surface area contributed by atoms with Gasteiger partial charge in [-0.3, -0.25) is 9.59 Å². The zero-order valence-electron chi connectivity index (χ0n) is 24.8. The quantitative estimate of drug-likeness (QED) is 0.230. The second-order valence-electron chi connectivity index (χ2n) is 9.99. The fourth-order valence-electron chi connectivity index (χ4n) is 5.49. The van der Waals surface area contributed by atoms with Gasteiger partial charge in [0, 0.05) is 43.3 Å². The number of hydrogen-bond donors (Lipinski definition) is 1. The molecule has 2 aliphatic rings. The highest BCUT2D eigenvalue weighted by Crippen LogP contribution is 2.47. The lowest BCUT2D eigenvalue weighted by molar-refractivity contribution is -0.140. The van der Waals surface area contributed by atoms with Crippen molar-refractivity contribution in [1.29, 1.82) is 0 Å². The van der Waals surface area contributed by atoms with E-state index in [1.165, 1.54) is 14.0 Å². The number of carbonyl (C=O) groups excluding carboxylic acids is 3. The van der Waals surface area contributed by atoms with Crippen molar-refractivity contribution >= 4 is 17.7 Å². The second-order valence-corrected chi connectivity index (χ2v) is 9.99. The summed E-state index contributed by atoms with van der Waals surface area (Å²) in [5.41, 5.74) is 3.73. The highest BCUT2D eigenvalue weighted by molar-refractivity contribution is 6.04. The topological polar surface area (TPSA) is 119 Å². The molecule has 10 heteroatoms. The molecule has 1 aliphatic heterocycles. The van der Waals surface area contributed by atoms with Crippen molar-refractivity contribution in [2.45, 2.75) is 45.4 Å². The monoisotopic (exact) mass is 579 g/mol. The number of ketones is 1. The van der Waals surface area contributed by atoms with Crippen molar-refractivity contribution in [2.24, 2.45) is 0 Å². The summed E-state index contributed by atoms with van der Waals surface area (Å²) in [6.07, 6.45) is 0.779. The number of hydrogen-bond acceptors (Lipinski definition) is 10. The summed E-state index contributed by atoms with van der Waals surface area (Å²) < 4.78 is 32.6. The molecular weight excluding hydrogens is 542 g/mol. The number of esters is 2. The first-order valence-electron chi connectivity index (χ1n) is 13.8. The third-order valence-corrected chi connectivity index (χ3v) is 7.30. The lowest BCUT2D eigenvalue weighted by Crippen LogP contribution is -2.36. The van der Waals surface area contributed by atoms with Crippen LogP contribution in [0.15, 0.2) is 58.9 Å². The molecule has 1 N–H and O–H groups in total. The molecule has 0 radical (unpaired) electrons. The Morgan fingerprint density at radius 3 is 2.26 bits per heavy atom. The minimum absolute atomic E-state index is 0.0651. The van der Waals surface area contributed by atoms with Crippen molar-refractivity contribution in [2.75, 3.05) is 41.2 Å². The van der Waals surface area contributed by atoms with E-state index in [1.807, 2.05) is 25.1 Å².